The topological polar surface area (TPSA) is 66.5 Å². The van der Waals surface area contributed by atoms with Crippen LogP contribution < -0.4 is 5.32 Å². The first-order valence-electron chi connectivity index (χ1n) is 8.40. The molecule has 1 fully saturated rings. The molecule has 2 aromatic carbocycles. The van der Waals surface area contributed by atoms with Gasteiger partial charge in [-0.05, 0) is 66.2 Å². The van der Waals surface area contributed by atoms with E-state index < -0.39 is 5.91 Å². The Kier molecular flexibility index (Phi) is 6.44. The van der Waals surface area contributed by atoms with E-state index in [2.05, 4.69) is 5.32 Å². The molecule has 1 saturated heterocycles. The second-order valence-electron chi connectivity index (χ2n) is 6.15. The molecule has 0 saturated carbocycles. The lowest BCUT2D eigenvalue weighted by atomic mass is 10.2. The molecular weight excluding hydrogens is 419 g/mol. The van der Waals surface area contributed by atoms with Crippen LogP contribution in [0.1, 0.15) is 17.5 Å². The molecule has 8 heteroatoms. The van der Waals surface area contributed by atoms with E-state index in [1.165, 1.54) is 0 Å². The zero-order valence-electron chi connectivity index (χ0n) is 14.9. The quantitative estimate of drug-likeness (QED) is 0.642. The van der Waals surface area contributed by atoms with Gasteiger partial charge in [-0.1, -0.05) is 35.3 Å². The standard InChI is InChI=1S/C20H16Cl2N2O3S/c1-12-10-15(6-7-16(12)22)23-18(25)8-9-24-19(26)17(28-20(24)27)11-13-2-4-14(21)5-3-13/h2-7,10-11H,8-9H2,1H3,(H,23,25)/b17-11-. The Labute approximate surface area is 176 Å². The first-order chi connectivity index (χ1) is 13.3. The molecule has 1 heterocycles. The highest BCUT2D eigenvalue weighted by atomic mass is 35.5. The number of hydrogen-bond donors (Lipinski definition) is 1. The van der Waals surface area contributed by atoms with Gasteiger partial charge in [-0.2, -0.15) is 0 Å². The second-order valence-corrected chi connectivity index (χ2v) is 7.98. The highest BCUT2D eigenvalue weighted by Gasteiger charge is 2.35. The molecule has 0 atom stereocenters. The summed E-state index contributed by atoms with van der Waals surface area (Å²) >= 11 is 12.7. The number of rotatable bonds is 5. The third kappa shape index (κ3) is 4.95. The van der Waals surface area contributed by atoms with Gasteiger partial charge in [0.05, 0.1) is 4.91 Å². The first kappa shape index (κ1) is 20.5. The maximum atomic E-state index is 12.5. The van der Waals surface area contributed by atoms with Gasteiger partial charge in [-0.15, -0.1) is 0 Å². The fraction of sp³-hybridized carbons (Fsp3) is 0.150. The number of halogens is 2. The number of aryl methyl sites for hydroxylation is 1. The van der Waals surface area contributed by atoms with Gasteiger partial charge in [0.15, 0.2) is 0 Å². The van der Waals surface area contributed by atoms with Crippen LogP contribution in [0, 0.1) is 6.92 Å². The van der Waals surface area contributed by atoms with Crippen LogP contribution in [0.2, 0.25) is 10.0 Å². The van der Waals surface area contributed by atoms with E-state index in [9.17, 15) is 14.4 Å². The zero-order valence-corrected chi connectivity index (χ0v) is 17.2. The van der Waals surface area contributed by atoms with Gasteiger partial charge in [-0.3, -0.25) is 19.3 Å². The molecule has 3 rings (SSSR count). The Morgan fingerprint density at radius 2 is 1.86 bits per heavy atom. The van der Waals surface area contributed by atoms with Gasteiger partial charge in [0.2, 0.25) is 5.91 Å². The maximum Gasteiger partial charge on any atom is 0.293 e. The van der Waals surface area contributed by atoms with Crippen molar-refractivity contribution < 1.29 is 14.4 Å². The van der Waals surface area contributed by atoms with Crippen molar-refractivity contribution in [2.24, 2.45) is 0 Å². The van der Waals surface area contributed by atoms with E-state index in [-0.39, 0.29) is 24.1 Å². The summed E-state index contributed by atoms with van der Waals surface area (Å²) < 4.78 is 0. The van der Waals surface area contributed by atoms with E-state index in [0.717, 1.165) is 27.8 Å². The van der Waals surface area contributed by atoms with Crippen molar-refractivity contribution in [1.29, 1.82) is 0 Å². The van der Waals surface area contributed by atoms with Crippen molar-refractivity contribution in [1.82, 2.24) is 4.90 Å². The van der Waals surface area contributed by atoms with Crippen molar-refractivity contribution in [2.75, 3.05) is 11.9 Å². The molecule has 144 valence electrons. The number of carbonyl (C=O) groups excluding carboxylic acids is 3. The van der Waals surface area contributed by atoms with Gasteiger partial charge >= 0.3 is 0 Å². The number of anilines is 1. The molecule has 0 aliphatic carbocycles. The molecule has 1 aliphatic heterocycles. The minimum absolute atomic E-state index is 0.00788. The third-order valence-corrected chi connectivity index (χ3v) is 5.63. The Morgan fingerprint density at radius 1 is 1.14 bits per heavy atom. The number of nitrogens with zero attached hydrogens (tertiary/aromatic N) is 1. The van der Waals surface area contributed by atoms with Crippen molar-refractivity contribution in [3.05, 3.63) is 68.5 Å². The average Bonchev–Trinajstić information content (AvgIpc) is 2.91. The lowest BCUT2D eigenvalue weighted by molar-refractivity contribution is -0.123. The van der Waals surface area contributed by atoms with Gasteiger partial charge in [0, 0.05) is 28.7 Å². The van der Waals surface area contributed by atoms with Crippen LogP contribution in [0.5, 0.6) is 0 Å². The van der Waals surface area contributed by atoms with Crippen molar-refractivity contribution >= 4 is 63.8 Å². The molecule has 0 spiro atoms. The van der Waals surface area contributed by atoms with Crippen LogP contribution in [0.3, 0.4) is 0 Å². The summed E-state index contributed by atoms with van der Waals surface area (Å²) in [6.07, 6.45) is 1.64. The van der Waals surface area contributed by atoms with E-state index >= 15 is 0 Å². The van der Waals surface area contributed by atoms with E-state index in [0.29, 0.717) is 20.6 Å². The third-order valence-electron chi connectivity index (χ3n) is 4.05. The Balaban J connectivity index is 1.60. The molecule has 3 amide bonds. The van der Waals surface area contributed by atoms with E-state index in [1.54, 1.807) is 48.5 Å². The lowest BCUT2D eigenvalue weighted by Gasteiger charge is -2.12. The Bertz CT molecular complexity index is 974. The van der Waals surface area contributed by atoms with Gasteiger partial charge < -0.3 is 5.32 Å². The van der Waals surface area contributed by atoms with E-state index in [4.69, 9.17) is 23.2 Å². The molecule has 0 unspecified atom stereocenters. The largest absolute Gasteiger partial charge is 0.326 e. The summed E-state index contributed by atoms with van der Waals surface area (Å²) in [4.78, 5) is 38.2. The highest BCUT2D eigenvalue weighted by molar-refractivity contribution is 8.18. The summed E-state index contributed by atoms with van der Waals surface area (Å²) in [6.45, 7) is 1.85. The van der Waals surface area contributed by atoms with Crippen LogP contribution in [-0.4, -0.2) is 28.5 Å². The molecule has 1 aliphatic rings. The number of imide groups is 1. The molecule has 0 bridgehead atoms. The molecule has 5 nitrogen and oxygen atoms in total. The highest BCUT2D eigenvalue weighted by Crippen LogP contribution is 2.32. The first-order valence-corrected chi connectivity index (χ1v) is 9.97. The van der Waals surface area contributed by atoms with Crippen molar-refractivity contribution in [3.8, 4) is 0 Å². The number of hydrogen-bond acceptors (Lipinski definition) is 4. The number of benzene rings is 2. The van der Waals surface area contributed by atoms with Gasteiger partial charge in [-0.25, -0.2) is 0 Å². The molecular formula is C20H16Cl2N2O3S. The van der Waals surface area contributed by atoms with Crippen LogP contribution in [0.25, 0.3) is 6.08 Å². The summed E-state index contributed by atoms with van der Waals surface area (Å²) in [6, 6.07) is 12.1. The van der Waals surface area contributed by atoms with Crippen molar-refractivity contribution in [3.63, 3.8) is 0 Å². The molecule has 28 heavy (non-hydrogen) atoms. The van der Waals surface area contributed by atoms with Crippen LogP contribution >= 0.6 is 35.0 Å². The molecule has 0 radical (unpaired) electrons. The summed E-state index contributed by atoms with van der Waals surface area (Å²) in [5.74, 6) is -0.692. The molecule has 0 aromatic heterocycles. The fourth-order valence-corrected chi connectivity index (χ4v) is 3.67. The van der Waals surface area contributed by atoms with Crippen LogP contribution in [0.15, 0.2) is 47.4 Å². The predicted octanol–water partition coefficient (Wildman–Crippen LogP) is 5.37. The zero-order chi connectivity index (χ0) is 20.3. The second kappa shape index (κ2) is 8.82. The minimum atomic E-state index is -0.403. The minimum Gasteiger partial charge on any atom is -0.326 e. The maximum absolute atomic E-state index is 12.5. The Morgan fingerprint density at radius 3 is 2.54 bits per heavy atom. The predicted molar refractivity (Wildman–Crippen MR) is 114 cm³/mol. The number of nitrogens with one attached hydrogen (secondary N) is 1. The number of carbonyl (C=O) groups is 3. The van der Waals surface area contributed by atoms with Gasteiger partial charge in [0.1, 0.15) is 0 Å². The molecule has 2 aromatic rings. The van der Waals surface area contributed by atoms with Crippen LogP contribution in [0.4, 0.5) is 10.5 Å². The monoisotopic (exact) mass is 434 g/mol. The SMILES string of the molecule is Cc1cc(NC(=O)CCN2C(=O)S/C(=C\c3ccc(Cl)cc3)C2=O)ccc1Cl. The van der Waals surface area contributed by atoms with Crippen LogP contribution in [-0.2, 0) is 9.59 Å². The summed E-state index contributed by atoms with van der Waals surface area (Å²) in [5, 5.41) is 3.55. The normalized spacial score (nSPS) is 15.4. The lowest BCUT2D eigenvalue weighted by Crippen LogP contribution is -2.31. The summed E-state index contributed by atoms with van der Waals surface area (Å²) in [7, 11) is 0. The molecule has 1 N–H and O–H groups in total. The van der Waals surface area contributed by atoms with Crippen molar-refractivity contribution in [2.45, 2.75) is 13.3 Å². The number of amides is 3. The average molecular weight is 435 g/mol. The summed E-state index contributed by atoms with van der Waals surface area (Å²) in [5.41, 5.74) is 2.23. The van der Waals surface area contributed by atoms with Gasteiger partial charge in [0.25, 0.3) is 11.1 Å². The Hall–Kier alpha value is -2.28. The number of thioether (sulfide) groups is 1. The smallest absolute Gasteiger partial charge is 0.293 e. The van der Waals surface area contributed by atoms with E-state index in [1.807, 2.05) is 6.92 Å². The fourth-order valence-electron chi connectivity index (χ4n) is 2.56.